The number of esters is 1. The maximum absolute atomic E-state index is 11.3. The molecular weight excluding hydrogens is 218 g/mol. The molecule has 0 aliphatic rings. The summed E-state index contributed by atoms with van der Waals surface area (Å²) in [5, 5.41) is 0. The summed E-state index contributed by atoms with van der Waals surface area (Å²) >= 11 is 0. The summed E-state index contributed by atoms with van der Waals surface area (Å²) in [4.78, 5) is 17.6. The molecule has 5 nitrogen and oxygen atoms in total. The zero-order valence-electron chi connectivity index (χ0n) is 10.6. The lowest BCUT2D eigenvalue weighted by molar-refractivity contribution is -0.138. The van der Waals surface area contributed by atoms with Gasteiger partial charge in [-0.25, -0.2) is 4.98 Å². The van der Waals surface area contributed by atoms with Crippen molar-refractivity contribution < 1.29 is 9.53 Å². The number of carbonyl (C=O) groups excluding carboxylic acids is 1. The Morgan fingerprint density at radius 2 is 2.24 bits per heavy atom. The standard InChI is InChI=1S/C12H19N3O2/c1-4-7-15(8-12(16)17-3)11-6-5-10(13)9(2)14-11/h5-6H,4,7-8,13H2,1-3H3. The van der Waals surface area contributed by atoms with E-state index in [9.17, 15) is 4.79 Å². The molecule has 0 radical (unpaired) electrons. The van der Waals surface area contributed by atoms with Crippen LogP contribution >= 0.6 is 0 Å². The van der Waals surface area contributed by atoms with Gasteiger partial charge in [0.25, 0.3) is 0 Å². The molecular formula is C12H19N3O2. The summed E-state index contributed by atoms with van der Waals surface area (Å²) in [5.41, 5.74) is 7.15. The van der Waals surface area contributed by atoms with Gasteiger partial charge in [-0.15, -0.1) is 0 Å². The first-order chi connectivity index (χ1) is 8.08. The molecule has 17 heavy (non-hydrogen) atoms. The van der Waals surface area contributed by atoms with Gasteiger partial charge in [-0.3, -0.25) is 4.79 Å². The van der Waals surface area contributed by atoms with Crippen LogP contribution < -0.4 is 10.6 Å². The molecule has 0 amide bonds. The molecule has 0 unspecified atom stereocenters. The van der Waals surface area contributed by atoms with Gasteiger partial charge in [0.15, 0.2) is 0 Å². The van der Waals surface area contributed by atoms with Gasteiger partial charge in [-0.05, 0) is 25.5 Å². The van der Waals surface area contributed by atoms with E-state index in [4.69, 9.17) is 5.73 Å². The maximum atomic E-state index is 11.3. The number of nitrogen functional groups attached to an aromatic ring is 1. The van der Waals surface area contributed by atoms with E-state index in [1.54, 1.807) is 6.07 Å². The van der Waals surface area contributed by atoms with E-state index >= 15 is 0 Å². The van der Waals surface area contributed by atoms with Crippen LogP contribution in [0.4, 0.5) is 11.5 Å². The van der Waals surface area contributed by atoms with Gasteiger partial charge < -0.3 is 15.4 Å². The fourth-order valence-electron chi connectivity index (χ4n) is 1.50. The van der Waals surface area contributed by atoms with E-state index in [2.05, 4.69) is 16.6 Å². The third-order valence-electron chi connectivity index (χ3n) is 2.48. The number of pyridine rings is 1. The van der Waals surface area contributed by atoms with Crippen molar-refractivity contribution in [2.45, 2.75) is 20.3 Å². The smallest absolute Gasteiger partial charge is 0.325 e. The van der Waals surface area contributed by atoms with Crippen LogP contribution in [0, 0.1) is 6.92 Å². The fraction of sp³-hybridized carbons (Fsp3) is 0.500. The Balaban J connectivity index is 2.88. The van der Waals surface area contributed by atoms with Gasteiger partial charge in [0.05, 0.1) is 18.5 Å². The number of ether oxygens (including phenoxy) is 1. The number of nitrogens with two attached hydrogens (primary N) is 1. The lowest BCUT2D eigenvalue weighted by Gasteiger charge is -2.22. The fourth-order valence-corrected chi connectivity index (χ4v) is 1.50. The molecule has 0 bridgehead atoms. The molecule has 1 aromatic heterocycles. The summed E-state index contributed by atoms with van der Waals surface area (Å²) in [6.07, 6.45) is 0.933. The van der Waals surface area contributed by atoms with Gasteiger partial charge in [0, 0.05) is 6.54 Å². The van der Waals surface area contributed by atoms with Crippen molar-refractivity contribution in [1.29, 1.82) is 0 Å². The van der Waals surface area contributed by atoms with E-state index in [1.807, 2.05) is 17.9 Å². The third-order valence-corrected chi connectivity index (χ3v) is 2.48. The number of nitrogens with zero attached hydrogens (tertiary/aromatic N) is 2. The van der Waals surface area contributed by atoms with Crippen LogP contribution in [0.1, 0.15) is 19.0 Å². The second kappa shape index (κ2) is 6.08. The Morgan fingerprint density at radius 3 is 2.76 bits per heavy atom. The van der Waals surface area contributed by atoms with Gasteiger partial charge in [-0.2, -0.15) is 0 Å². The number of carbonyl (C=O) groups is 1. The first kappa shape index (κ1) is 13.3. The Kier molecular flexibility index (Phi) is 4.75. The Morgan fingerprint density at radius 1 is 1.53 bits per heavy atom. The molecule has 0 aliphatic carbocycles. The lowest BCUT2D eigenvalue weighted by Crippen LogP contribution is -2.32. The number of aryl methyl sites for hydroxylation is 1. The van der Waals surface area contributed by atoms with Gasteiger partial charge in [0.1, 0.15) is 12.4 Å². The van der Waals surface area contributed by atoms with Crippen molar-refractivity contribution >= 4 is 17.5 Å². The quantitative estimate of drug-likeness (QED) is 0.783. The molecule has 1 rings (SSSR count). The molecule has 1 aromatic rings. The molecule has 0 saturated heterocycles. The molecule has 0 aliphatic heterocycles. The van der Waals surface area contributed by atoms with Crippen molar-refractivity contribution in [2.75, 3.05) is 30.8 Å². The number of anilines is 2. The van der Waals surface area contributed by atoms with Crippen LogP contribution in [0.2, 0.25) is 0 Å². The summed E-state index contributed by atoms with van der Waals surface area (Å²) in [6.45, 7) is 4.86. The van der Waals surface area contributed by atoms with Crippen LogP contribution in [0.3, 0.4) is 0 Å². The summed E-state index contributed by atoms with van der Waals surface area (Å²) < 4.78 is 4.67. The van der Waals surface area contributed by atoms with Crippen LogP contribution in [-0.4, -0.2) is 31.2 Å². The van der Waals surface area contributed by atoms with E-state index in [0.717, 1.165) is 24.5 Å². The molecule has 5 heteroatoms. The van der Waals surface area contributed by atoms with Gasteiger partial charge >= 0.3 is 5.97 Å². The number of hydrogen-bond donors (Lipinski definition) is 1. The zero-order valence-corrected chi connectivity index (χ0v) is 10.6. The van der Waals surface area contributed by atoms with E-state index in [1.165, 1.54) is 7.11 Å². The first-order valence-corrected chi connectivity index (χ1v) is 5.63. The number of hydrogen-bond acceptors (Lipinski definition) is 5. The van der Waals surface area contributed by atoms with E-state index < -0.39 is 0 Å². The monoisotopic (exact) mass is 237 g/mol. The number of methoxy groups -OCH3 is 1. The molecule has 0 fully saturated rings. The minimum atomic E-state index is -0.269. The van der Waals surface area contributed by atoms with Crippen LogP contribution in [0.15, 0.2) is 12.1 Å². The largest absolute Gasteiger partial charge is 0.468 e. The molecule has 2 N–H and O–H groups in total. The molecule has 0 atom stereocenters. The Labute approximate surface area is 102 Å². The van der Waals surface area contributed by atoms with Crippen LogP contribution in [-0.2, 0) is 9.53 Å². The average Bonchev–Trinajstić information content (AvgIpc) is 2.32. The highest BCUT2D eigenvalue weighted by molar-refractivity contribution is 5.75. The van der Waals surface area contributed by atoms with Crippen molar-refractivity contribution in [3.05, 3.63) is 17.8 Å². The molecule has 0 saturated carbocycles. The second-order valence-corrected chi connectivity index (χ2v) is 3.84. The SMILES string of the molecule is CCCN(CC(=O)OC)c1ccc(N)c(C)n1. The van der Waals surface area contributed by atoms with Crippen molar-refractivity contribution in [3.8, 4) is 0 Å². The maximum Gasteiger partial charge on any atom is 0.325 e. The number of rotatable bonds is 5. The minimum Gasteiger partial charge on any atom is -0.468 e. The highest BCUT2D eigenvalue weighted by atomic mass is 16.5. The Hall–Kier alpha value is -1.78. The first-order valence-electron chi connectivity index (χ1n) is 5.63. The van der Waals surface area contributed by atoms with Crippen LogP contribution in [0.25, 0.3) is 0 Å². The van der Waals surface area contributed by atoms with Crippen LogP contribution in [0.5, 0.6) is 0 Å². The molecule has 94 valence electrons. The highest BCUT2D eigenvalue weighted by Crippen LogP contribution is 2.16. The van der Waals surface area contributed by atoms with E-state index in [0.29, 0.717) is 5.69 Å². The minimum absolute atomic E-state index is 0.209. The Bertz CT molecular complexity index is 393. The van der Waals surface area contributed by atoms with Gasteiger partial charge in [-0.1, -0.05) is 6.92 Å². The topological polar surface area (TPSA) is 68.5 Å². The van der Waals surface area contributed by atoms with Gasteiger partial charge in [0.2, 0.25) is 0 Å². The predicted octanol–water partition coefficient (Wildman–Crippen LogP) is 1.36. The summed E-state index contributed by atoms with van der Waals surface area (Å²) in [6, 6.07) is 3.62. The second-order valence-electron chi connectivity index (χ2n) is 3.84. The molecule has 1 heterocycles. The zero-order chi connectivity index (χ0) is 12.8. The van der Waals surface area contributed by atoms with E-state index in [-0.39, 0.29) is 12.5 Å². The van der Waals surface area contributed by atoms with Crippen molar-refractivity contribution in [2.24, 2.45) is 0 Å². The molecule has 0 spiro atoms. The van der Waals surface area contributed by atoms with Crippen molar-refractivity contribution in [1.82, 2.24) is 4.98 Å². The highest BCUT2D eigenvalue weighted by Gasteiger charge is 2.12. The normalized spacial score (nSPS) is 10.1. The average molecular weight is 237 g/mol. The van der Waals surface area contributed by atoms with Crippen molar-refractivity contribution in [3.63, 3.8) is 0 Å². The number of aromatic nitrogens is 1. The predicted molar refractivity (Wildman–Crippen MR) is 67.9 cm³/mol. The summed E-state index contributed by atoms with van der Waals surface area (Å²) in [7, 11) is 1.38. The summed E-state index contributed by atoms with van der Waals surface area (Å²) in [5.74, 6) is 0.485. The molecule has 0 aromatic carbocycles. The lowest BCUT2D eigenvalue weighted by atomic mass is 10.3. The third kappa shape index (κ3) is 3.62.